The third-order valence-electron chi connectivity index (χ3n) is 7.19. The van der Waals surface area contributed by atoms with E-state index in [-0.39, 0.29) is 40.8 Å². The minimum absolute atomic E-state index is 0.161. The van der Waals surface area contributed by atoms with Crippen LogP contribution in [0.5, 0.6) is 0 Å². The van der Waals surface area contributed by atoms with Crippen LogP contribution in [0.2, 0.25) is 16.6 Å². The number of hydrogen-bond donors (Lipinski definition) is 1. The van der Waals surface area contributed by atoms with Gasteiger partial charge in [-0.25, -0.2) is 0 Å². The Hall–Kier alpha value is -2.97. The van der Waals surface area contributed by atoms with Gasteiger partial charge in [0, 0.05) is 24.1 Å². The lowest BCUT2D eigenvalue weighted by Gasteiger charge is -2.43. The fourth-order valence-corrected chi connectivity index (χ4v) is 11.0. The van der Waals surface area contributed by atoms with Gasteiger partial charge in [-0.3, -0.25) is 14.9 Å². The van der Waals surface area contributed by atoms with Gasteiger partial charge in [-0.05, 0) is 28.3 Å². The molecule has 0 fully saturated rings. The first-order valence-corrected chi connectivity index (χ1v) is 14.2. The summed E-state index contributed by atoms with van der Waals surface area (Å²) in [6, 6.07) is 13.6. The molecule has 2 aromatic carbocycles. The van der Waals surface area contributed by atoms with Crippen LogP contribution < -0.4 is 4.90 Å². The van der Waals surface area contributed by atoms with Crippen molar-refractivity contribution in [1.29, 1.82) is 0 Å². The summed E-state index contributed by atoms with van der Waals surface area (Å²) < 4.78 is 6.62. The van der Waals surface area contributed by atoms with Crippen molar-refractivity contribution < 1.29 is 19.3 Å². The highest BCUT2D eigenvalue weighted by atomic mass is 28.4. The van der Waals surface area contributed by atoms with Gasteiger partial charge in [0.1, 0.15) is 0 Å². The predicted octanol–water partition coefficient (Wildman–Crippen LogP) is 6.43. The van der Waals surface area contributed by atoms with E-state index >= 15 is 0 Å². The maximum absolute atomic E-state index is 13.7. The smallest absolute Gasteiger partial charge is 0.269 e. The van der Waals surface area contributed by atoms with Gasteiger partial charge in [-0.1, -0.05) is 78.5 Å². The summed E-state index contributed by atoms with van der Waals surface area (Å²) in [5, 5.41) is 23.3. The molecule has 1 aliphatic heterocycles. The summed E-state index contributed by atoms with van der Waals surface area (Å²) in [7, 11) is -2.36. The van der Waals surface area contributed by atoms with Crippen LogP contribution in [0, 0.1) is 10.1 Å². The zero-order valence-electron chi connectivity index (χ0n) is 21.4. The average Bonchev–Trinajstić information content (AvgIpc) is 2.98. The number of carbonyl (C=O) groups is 1. The molecule has 1 atom stereocenters. The van der Waals surface area contributed by atoms with Crippen LogP contribution in [-0.4, -0.2) is 24.3 Å². The summed E-state index contributed by atoms with van der Waals surface area (Å²) in [6.07, 6.45) is -0.161. The minimum atomic E-state index is -2.36. The van der Waals surface area contributed by atoms with E-state index in [2.05, 4.69) is 48.1 Å². The Kier molecular flexibility index (Phi) is 7.57. The summed E-state index contributed by atoms with van der Waals surface area (Å²) in [6.45, 7) is 17.2. The monoisotopic (exact) mass is 496 g/mol. The van der Waals surface area contributed by atoms with Crippen molar-refractivity contribution >= 4 is 25.6 Å². The molecule has 0 aliphatic carbocycles. The van der Waals surface area contributed by atoms with E-state index in [0.717, 1.165) is 5.56 Å². The Bertz CT molecular complexity index is 1090. The Morgan fingerprint density at radius 1 is 1.09 bits per heavy atom. The molecule has 8 heteroatoms. The quantitative estimate of drug-likeness (QED) is 0.177. The molecule has 1 N–H and O–H groups in total. The van der Waals surface area contributed by atoms with E-state index in [1.807, 2.05) is 30.3 Å². The molecule has 1 aliphatic rings. The molecule has 1 heterocycles. The number of nitrogens with zero attached hydrogens (tertiary/aromatic N) is 2. The summed E-state index contributed by atoms with van der Waals surface area (Å²) in [5.74, 6) is -0.199. The second-order valence-corrected chi connectivity index (χ2v) is 15.7. The van der Waals surface area contributed by atoms with Crippen LogP contribution in [0.3, 0.4) is 0 Å². The maximum atomic E-state index is 13.7. The van der Waals surface area contributed by atoms with Crippen LogP contribution in [0.15, 0.2) is 60.9 Å². The van der Waals surface area contributed by atoms with Crippen LogP contribution in [-0.2, 0) is 21.4 Å². The largest absolute Gasteiger partial charge is 0.546 e. The van der Waals surface area contributed by atoms with Crippen molar-refractivity contribution in [3.05, 3.63) is 82.1 Å². The Morgan fingerprint density at radius 2 is 1.66 bits per heavy atom. The number of rotatable bonds is 10. The highest BCUT2D eigenvalue weighted by molar-refractivity contribution is 6.77. The van der Waals surface area contributed by atoms with E-state index < -0.39 is 24.7 Å². The standard InChI is InChI=1S/C27H36N2O5Si/c1-18(2)35(19(3)4,20(5)6)34-21(7)16-27(31)24-15-23(29(32)33)13-14-25(24)28(26(27)30)17-22-11-9-8-10-12-22/h8-15,18-20,31H,7,16-17H2,1-6H3/t27-/m1/s1. The van der Waals surface area contributed by atoms with Crippen LogP contribution in [0.1, 0.15) is 59.1 Å². The zero-order valence-corrected chi connectivity index (χ0v) is 22.4. The second kappa shape index (κ2) is 9.95. The number of non-ortho nitro benzene ring substituents is 1. The lowest BCUT2D eigenvalue weighted by atomic mass is 9.91. The van der Waals surface area contributed by atoms with E-state index in [9.17, 15) is 20.0 Å². The minimum Gasteiger partial charge on any atom is -0.546 e. The van der Waals surface area contributed by atoms with E-state index in [1.165, 1.54) is 23.1 Å². The molecular formula is C27H36N2O5Si. The third-order valence-corrected chi connectivity index (χ3v) is 13.2. The molecule has 0 radical (unpaired) electrons. The van der Waals surface area contributed by atoms with Crippen molar-refractivity contribution in [2.75, 3.05) is 4.90 Å². The highest BCUT2D eigenvalue weighted by Crippen LogP contribution is 2.48. The number of aliphatic hydroxyl groups is 1. The SMILES string of the molecule is C=C(C[C@]1(O)C(=O)N(Cc2ccccc2)c2ccc([N+](=O)[O-])cc21)O[Si](C(C)C)(C(C)C)C(C)C. The summed E-state index contributed by atoms with van der Waals surface area (Å²) in [4.78, 5) is 26.1. The first kappa shape index (κ1) is 26.6. The van der Waals surface area contributed by atoms with Gasteiger partial charge in [0.25, 0.3) is 19.9 Å². The number of amides is 1. The molecule has 3 rings (SSSR count). The number of benzene rings is 2. The van der Waals surface area contributed by atoms with E-state index in [0.29, 0.717) is 11.4 Å². The second-order valence-electron chi connectivity index (χ2n) is 10.3. The number of fused-ring (bicyclic) bond motifs is 1. The zero-order chi connectivity index (χ0) is 26.1. The molecule has 7 nitrogen and oxygen atoms in total. The molecule has 0 spiro atoms. The van der Waals surface area contributed by atoms with Crippen molar-refractivity contribution in [3.63, 3.8) is 0 Å². The van der Waals surface area contributed by atoms with Crippen molar-refractivity contribution in [2.24, 2.45) is 0 Å². The average molecular weight is 497 g/mol. The van der Waals surface area contributed by atoms with Gasteiger partial charge in [0.2, 0.25) is 0 Å². The van der Waals surface area contributed by atoms with Gasteiger partial charge in [-0.15, -0.1) is 0 Å². The van der Waals surface area contributed by atoms with Gasteiger partial charge in [0.05, 0.1) is 22.9 Å². The predicted molar refractivity (Wildman–Crippen MR) is 141 cm³/mol. The molecule has 0 saturated heterocycles. The molecule has 0 aromatic heterocycles. The highest BCUT2D eigenvalue weighted by Gasteiger charge is 2.53. The molecule has 2 aromatic rings. The molecule has 0 unspecified atom stereocenters. The van der Waals surface area contributed by atoms with E-state index in [4.69, 9.17) is 4.43 Å². The normalized spacial score (nSPS) is 17.9. The van der Waals surface area contributed by atoms with Gasteiger partial charge >= 0.3 is 0 Å². The van der Waals surface area contributed by atoms with Gasteiger partial charge in [0.15, 0.2) is 5.60 Å². The fraction of sp³-hybridized carbons (Fsp3) is 0.444. The van der Waals surface area contributed by atoms with Gasteiger partial charge in [-0.2, -0.15) is 0 Å². The van der Waals surface area contributed by atoms with Crippen molar-refractivity contribution in [3.8, 4) is 0 Å². The van der Waals surface area contributed by atoms with Crippen LogP contribution >= 0.6 is 0 Å². The van der Waals surface area contributed by atoms with Crippen LogP contribution in [0.25, 0.3) is 0 Å². The molecule has 0 saturated carbocycles. The summed E-state index contributed by atoms with van der Waals surface area (Å²) >= 11 is 0. The lowest BCUT2D eigenvalue weighted by molar-refractivity contribution is -0.385. The summed E-state index contributed by atoms with van der Waals surface area (Å²) in [5.41, 5.74) is 0.235. The number of nitro benzene ring substituents is 1. The van der Waals surface area contributed by atoms with Gasteiger partial charge < -0.3 is 14.4 Å². The van der Waals surface area contributed by atoms with Crippen molar-refractivity contribution in [1.82, 2.24) is 0 Å². The maximum Gasteiger partial charge on any atom is 0.269 e. The molecule has 0 bridgehead atoms. The topological polar surface area (TPSA) is 92.9 Å². The number of nitro groups is 1. The Morgan fingerprint density at radius 3 is 2.17 bits per heavy atom. The molecule has 1 amide bonds. The number of hydrogen-bond acceptors (Lipinski definition) is 5. The fourth-order valence-electron chi connectivity index (χ4n) is 5.67. The van der Waals surface area contributed by atoms with Crippen LogP contribution in [0.4, 0.5) is 11.4 Å². The van der Waals surface area contributed by atoms with E-state index in [1.54, 1.807) is 0 Å². The Labute approximate surface area is 208 Å². The lowest BCUT2D eigenvalue weighted by Crippen LogP contribution is -2.48. The Balaban J connectivity index is 2.02. The molecule has 35 heavy (non-hydrogen) atoms. The number of anilines is 1. The molecular weight excluding hydrogens is 460 g/mol. The number of carbonyl (C=O) groups excluding carboxylic acids is 1. The first-order chi connectivity index (χ1) is 16.3. The third kappa shape index (κ3) is 4.77. The molecule has 188 valence electrons. The van der Waals surface area contributed by atoms with Crippen molar-refractivity contribution in [2.45, 2.75) is 76.7 Å². The first-order valence-electron chi connectivity index (χ1n) is 12.1.